The zero-order valence-electron chi connectivity index (χ0n) is 56.0. The van der Waals surface area contributed by atoms with Crippen LogP contribution in [0.2, 0.25) is 0 Å². The summed E-state index contributed by atoms with van der Waals surface area (Å²) in [7, 11) is -3.41. The summed E-state index contributed by atoms with van der Waals surface area (Å²) < 4.78 is 45.4. The number of hydrogen-bond acceptors (Lipinski definition) is 11. The lowest BCUT2D eigenvalue weighted by molar-refractivity contribution is -0.127. The van der Waals surface area contributed by atoms with Crippen molar-refractivity contribution in [3.63, 3.8) is 0 Å². The number of esters is 1. The molecule has 9 aromatic rings. The Labute approximate surface area is 559 Å². The lowest BCUT2D eigenvalue weighted by Gasteiger charge is -2.30. The van der Waals surface area contributed by atoms with Crippen LogP contribution in [0.25, 0.3) is 33.1 Å². The van der Waals surface area contributed by atoms with Crippen LogP contribution in [0.1, 0.15) is 186 Å². The second kappa shape index (κ2) is 31.7. The van der Waals surface area contributed by atoms with E-state index in [1.165, 1.54) is 90.4 Å². The molecule has 13 rings (SSSR count). The van der Waals surface area contributed by atoms with Gasteiger partial charge in [-0.2, -0.15) is 4.31 Å². The number of aryl methyl sites for hydroxylation is 5. The average molecular weight is 1310 g/mol. The number of carbonyl (C=O) groups is 3. The molecule has 1 saturated carbocycles. The lowest BCUT2D eigenvalue weighted by atomic mass is 9.87. The van der Waals surface area contributed by atoms with E-state index in [0.29, 0.717) is 55.5 Å². The highest BCUT2D eigenvalue weighted by Gasteiger charge is 2.38. The smallest absolute Gasteiger partial charge is 0.338 e. The van der Waals surface area contributed by atoms with Gasteiger partial charge in [-0.3, -0.25) is 9.59 Å². The van der Waals surface area contributed by atoms with Crippen LogP contribution >= 0.6 is 11.3 Å². The fraction of sp³-hybridized carbons (Fsp3) is 0.474. The number of anilines is 1. The van der Waals surface area contributed by atoms with Crippen LogP contribution in [0.3, 0.4) is 0 Å². The molecule has 16 nitrogen and oxygen atoms in total. The number of imidazole rings is 3. The van der Waals surface area contributed by atoms with Crippen LogP contribution < -0.4 is 9.64 Å². The Balaban J connectivity index is 0.000000144. The van der Waals surface area contributed by atoms with E-state index in [1.807, 2.05) is 47.1 Å². The molecule has 498 valence electrons. The minimum Gasteiger partial charge on any atom is -0.492 e. The Hall–Kier alpha value is -7.67. The molecule has 2 atom stereocenters. The normalized spacial score (nSPS) is 17.5. The predicted molar refractivity (Wildman–Crippen MR) is 377 cm³/mol. The summed E-state index contributed by atoms with van der Waals surface area (Å²) >= 11 is 1.25. The number of para-hydroxylation sites is 6. The van der Waals surface area contributed by atoms with E-state index in [1.54, 1.807) is 40.9 Å². The Kier molecular flexibility index (Phi) is 22.9. The van der Waals surface area contributed by atoms with Gasteiger partial charge in [0.25, 0.3) is 10.0 Å². The van der Waals surface area contributed by atoms with E-state index in [0.717, 1.165) is 128 Å². The highest BCUT2D eigenvalue weighted by Crippen LogP contribution is 2.39. The topological polar surface area (TPSA) is 167 Å². The number of unbranched alkanes of at least 4 members (excludes halogenated alkanes) is 3. The first-order valence-electron chi connectivity index (χ1n) is 34.7. The van der Waals surface area contributed by atoms with Crippen molar-refractivity contribution in [2.45, 2.75) is 186 Å². The number of rotatable bonds is 23. The quantitative estimate of drug-likeness (QED) is 0.0444. The molecule has 2 amide bonds. The van der Waals surface area contributed by atoms with Crippen molar-refractivity contribution in [3.05, 3.63) is 166 Å². The number of likely N-dealkylation sites (tertiary alicyclic amines) is 1. The van der Waals surface area contributed by atoms with Crippen LogP contribution in [0.15, 0.2) is 131 Å². The highest BCUT2D eigenvalue weighted by molar-refractivity contribution is 7.91. The van der Waals surface area contributed by atoms with Crippen molar-refractivity contribution in [3.8, 4) is 5.75 Å². The molecule has 0 radical (unpaired) electrons. The summed E-state index contributed by atoms with van der Waals surface area (Å²) in [6.45, 7) is 19.4. The number of nitrogens with zero attached hydrogens (tertiary/aromatic N) is 9. The van der Waals surface area contributed by atoms with Gasteiger partial charge in [0, 0.05) is 83.0 Å². The van der Waals surface area contributed by atoms with E-state index in [4.69, 9.17) is 24.4 Å². The van der Waals surface area contributed by atoms with Gasteiger partial charge in [0.05, 0.1) is 57.6 Å². The van der Waals surface area contributed by atoms with Gasteiger partial charge in [0.1, 0.15) is 27.4 Å². The number of aromatic nitrogens is 6. The number of ether oxygens (including phenoxy) is 2. The summed E-state index contributed by atoms with van der Waals surface area (Å²) in [5, 5.41) is 1.79. The van der Waals surface area contributed by atoms with E-state index < -0.39 is 10.0 Å². The third kappa shape index (κ3) is 15.5. The van der Waals surface area contributed by atoms with Gasteiger partial charge >= 0.3 is 5.97 Å². The van der Waals surface area contributed by atoms with Crippen LogP contribution in [0, 0.1) is 19.8 Å². The van der Waals surface area contributed by atoms with Crippen molar-refractivity contribution in [2.75, 3.05) is 50.8 Å². The number of carbonyl (C=O) groups excluding carboxylic acids is 3. The van der Waals surface area contributed by atoms with Crippen molar-refractivity contribution >= 4 is 77.9 Å². The summed E-state index contributed by atoms with van der Waals surface area (Å²) in [4.78, 5) is 56.5. The fourth-order valence-electron chi connectivity index (χ4n) is 14.7. The molecule has 4 fully saturated rings. The van der Waals surface area contributed by atoms with Gasteiger partial charge in [-0.15, -0.1) is 11.3 Å². The SMILES string of the molecule is CCCCN1CC(c2nc3ccccc3n2CCCCCc2c(C)cccc2C)CC1=O.CCOC(=O)c1ccc2c(c1)nc(C1CCN(S(=O)(=O)c3cccs3)CC1)n2CC.CCOc1ccccc1N1CC(c2nc3ccccc3n2CCC2CCCCC2)CC1=O. The zero-order chi connectivity index (χ0) is 65.7. The number of fused-ring (bicyclic) bond motifs is 3. The Morgan fingerprint density at radius 2 is 1.23 bits per heavy atom. The number of amides is 2. The molecule has 3 aliphatic heterocycles. The lowest BCUT2D eigenvalue weighted by Crippen LogP contribution is -2.38. The van der Waals surface area contributed by atoms with Crippen LogP contribution in [-0.4, -0.2) is 110 Å². The van der Waals surface area contributed by atoms with Gasteiger partial charge in [0.2, 0.25) is 11.8 Å². The van der Waals surface area contributed by atoms with E-state index in [2.05, 4.69) is 108 Å². The minimum atomic E-state index is -3.41. The number of thiophene rings is 1. The molecule has 2 unspecified atom stereocenters. The molecule has 5 aromatic carbocycles. The van der Waals surface area contributed by atoms with Crippen molar-refractivity contribution < 1.29 is 32.3 Å². The average Bonchev–Trinajstić information content (AvgIpc) is 1.75. The minimum absolute atomic E-state index is 0.0935. The van der Waals surface area contributed by atoms with Crippen molar-refractivity contribution in [1.29, 1.82) is 0 Å². The second-order valence-corrected chi connectivity index (χ2v) is 29.0. The number of piperidine rings is 1. The standard InChI is InChI=1S/C28H37N3O.C27H33N3O2.C21H25N3O4S2/c1-4-5-17-30-20-23(19-27(30)32)28-29-25-15-8-9-16-26(25)31(28)18-10-6-7-14-24-21(2)12-11-13-22(24)3;1-2-32-25-15-9-8-14-24(25)30-19-21(18-26(30)31)27-28-22-12-6-7-13-23(22)29(27)17-16-20-10-4-3-5-11-20;1-3-24-18-8-7-16(21(25)28-4-2)14-17(18)22-20(24)15-9-11-23(12-10-15)30(26,27)19-6-5-13-29-19/h8-9,11-13,15-16,23H,4-7,10,14,17-20H2,1-3H3;6-9,12-15,20-21H,2-5,10-11,16-19H2,1H3;5-8,13-15H,3-4,9-12H2,1-2H3. The molecule has 94 heavy (non-hydrogen) atoms. The molecule has 0 spiro atoms. The molecule has 18 heteroatoms. The first-order valence-corrected chi connectivity index (χ1v) is 37.1. The highest BCUT2D eigenvalue weighted by atomic mass is 32.2. The molecular weight excluding hydrogens is 1220 g/mol. The Morgan fingerprint density at radius 1 is 0.596 bits per heavy atom. The first kappa shape index (κ1) is 67.7. The number of sulfonamides is 1. The monoisotopic (exact) mass is 1310 g/mol. The van der Waals surface area contributed by atoms with Gasteiger partial charge in [-0.1, -0.05) is 113 Å². The molecule has 3 saturated heterocycles. The third-order valence-electron chi connectivity index (χ3n) is 19.6. The molecular formula is C76H95N9O7S2. The zero-order valence-corrected chi connectivity index (χ0v) is 57.7. The summed E-state index contributed by atoms with van der Waals surface area (Å²) in [5.41, 5.74) is 11.9. The van der Waals surface area contributed by atoms with Crippen molar-refractivity contribution in [2.24, 2.45) is 5.92 Å². The fourth-order valence-corrected chi connectivity index (χ4v) is 17.3. The Bertz CT molecular complexity index is 4120. The van der Waals surface area contributed by atoms with Gasteiger partial charge < -0.3 is 33.0 Å². The molecule has 0 bridgehead atoms. The first-order chi connectivity index (χ1) is 45.8. The van der Waals surface area contributed by atoms with Crippen molar-refractivity contribution in [1.82, 2.24) is 37.9 Å². The summed E-state index contributed by atoms with van der Waals surface area (Å²) in [6.07, 6.45) is 17.5. The van der Waals surface area contributed by atoms with Gasteiger partial charge in [-0.25, -0.2) is 28.2 Å². The van der Waals surface area contributed by atoms with Crippen LogP contribution in [0.5, 0.6) is 5.75 Å². The maximum atomic E-state index is 13.1. The molecule has 1 aliphatic carbocycles. The third-order valence-corrected chi connectivity index (χ3v) is 22.9. The van der Waals surface area contributed by atoms with E-state index >= 15 is 0 Å². The van der Waals surface area contributed by atoms with Gasteiger partial charge in [-0.05, 0) is 168 Å². The molecule has 0 N–H and O–H groups in total. The summed E-state index contributed by atoms with van der Waals surface area (Å²) in [6, 6.07) is 40.2. The largest absolute Gasteiger partial charge is 0.492 e. The molecule has 4 aliphatic rings. The number of benzene rings is 5. The molecule has 4 aromatic heterocycles. The van der Waals surface area contributed by atoms with Crippen LogP contribution in [0.4, 0.5) is 5.69 Å². The van der Waals surface area contributed by atoms with E-state index in [9.17, 15) is 22.8 Å². The van der Waals surface area contributed by atoms with E-state index in [-0.39, 0.29) is 35.5 Å². The maximum absolute atomic E-state index is 13.1. The number of hydrogen-bond donors (Lipinski definition) is 0. The molecule has 7 heterocycles. The van der Waals surface area contributed by atoms with Gasteiger partial charge in [0.15, 0.2) is 0 Å². The maximum Gasteiger partial charge on any atom is 0.338 e. The summed E-state index contributed by atoms with van der Waals surface area (Å²) in [5.74, 6) is 5.28. The van der Waals surface area contributed by atoms with Crippen LogP contribution in [-0.2, 0) is 50.4 Å². The Morgan fingerprint density at radius 3 is 1.90 bits per heavy atom. The predicted octanol–water partition coefficient (Wildman–Crippen LogP) is 16.0. The second-order valence-electron chi connectivity index (χ2n) is 25.8.